The Morgan fingerprint density at radius 2 is 1.79 bits per heavy atom. The number of nitrogens with zero attached hydrogens (tertiary/aromatic N) is 4. The number of esters is 1. The summed E-state index contributed by atoms with van der Waals surface area (Å²) in [6.07, 6.45) is 1.38. The van der Waals surface area contributed by atoms with E-state index < -0.39 is 23.3 Å². The lowest BCUT2D eigenvalue weighted by Crippen LogP contribution is -2.38. The molecule has 152 valence electrons. The van der Waals surface area contributed by atoms with E-state index >= 15 is 0 Å². The molecule has 0 saturated carbocycles. The summed E-state index contributed by atoms with van der Waals surface area (Å²) in [6, 6.07) is 5.94. The number of methoxy groups -OCH3 is 1. The number of rotatable bonds is 5. The van der Waals surface area contributed by atoms with Crippen LogP contribution in [0.2, 0.25) is 0 Å². The molecule has 0 saturated heterocycles. The molecule has 0 aliphatic heterocycles. The van der Waals surface area contributed by atoms with Crippen LogP contribution in [-0.2, 0) is 30.2 Å². The second-order valence-electron chi connectivity index (χ2n) is 6.61. The van der Waals surface area contributed by atoms with E-state index in [0.717, 1.165) is 10.1 Å². The number of aryl methyl sites for hydroxylation is 1. The van der Waals surface area contributed by atoms with Gasteiger partial charge in [-0.1, -0.05) is 12.1 Å². The highest BCUT2D eigenvalue weighted by Gasteiger charge is 2.21. The fourth-order valence-corrected chi connectivity index (χ4v) is 3.00. The van der Waals surface area contributed by atoms with Gasteiger partial charge in [-0.25, -0.2) is 14.6 Å². The molecule has 10 nitrogen and oxygen atoms in total. The van der Waals surface area contributed by atoms with Crippen LogP contribution in [0.15, 0.2) is 40.2 Å². The van der Waals surface area contributed by atoms with Gasteiger partial charge in [0.1, 0.15) is 6.04 Å². The first-order chi connectivity index (χ1) is 13.8. The highest BCUT2D eigenvalue weighted by molar-refractivity contribution is 5.89. The Labute approximate surface area is 165 Å². The van der Waals surface area contributed by atoms with Crippen LogP contribution >= 0.6 is 0 Å². The summed E-state index contributed by atoms with van der Waals surface area (Å²) in [5, 5.41) is 2.79. The molecule has 1 atom stereocenters. The summed E-state index contributed by atoms with van der Waals surface area (Å²) >= 11 is 0. The first kappa shape index (κ1) is 20.1. The molecule has 10 heteroatoms. The Morgan fingerprint density at radius 1 is 1.14 bits per heavy atom. The van der Waals surface area contributed by atoms with Gasteiger partial charge in [-0.3, -0.25) is 18.7 Å². The van der Waals surface area contributed by atoms with Crippen molar-refractivity contribution in [2.45, 2.75) is 19.5 Å². The topological polar surface area (TPSA) is 117 Å². The van der Waals surface area contributed by atoms with E-state index in [1.807, 2.05) is 0 Å². The van der Waals surface area contributed by atoms with Gasteiger partial charge in [-0.05, 0) is 24.6 Å². The smallest absolute Gasteiger partial charge is 0.337 e. The summed E-state index contributed by atoms with van der Waals surface area (Å²) in [7, 11) is 4.21. The van der Waals surface area contributed by atoms with Crippen molar-refractivity contribution in [3.8, 4) is 0 Å². The number of carbonyl (C=O) groups excluding carboxylic acids is 2. The predicted octanol–water partition coefficient (Wildman–Crippen LogP) is 0.0977. The molecule has 3 aromatic rings. The van der Waals surface area contributed by atoms with E-state index in [-0.39, 0.29) is 23.6 Å². The lowest BCUT2D eigenvalue weighted by Gasteiger charge is -2.15. The van der Waals surface area contributed by atoms with Crippen molar-refractivity contribution in [3.63, 3.8) is 0 Å². The van der Waals surface area contributed by atoms with Crippen molar-refractivity contribution in [2.75, 3.05) is 7.11 Å². The van der Waals surface area contributed by atoms with Crippen LogP contribution in [0.5, 0.6) is 0 Å². The summed E-state index contributed by atoms with van der Waals surface area (Å²) < 4.78 is 8.35. The van der Waals surface area contributed by atoms with E-state index in [4.69, 9.17) is 0 Å². The van der Waals surface area contributed by atoms with Crippen molar-refractivity contribution in [1.82, 2.24) is 24.0 Å². The lowest BCUT2D eigenvalue weighted by atomic mass is 10.1. The standard InChI is InChI=1S/C19H21N5O5/c1-11(16(25)20-9-12-5-7-13(8-6-12)18(27)29-4)24-10-21-15-14(24)17(26)23(3)19(28)22(15)2/h5-8,10-11H,9H2,1-4H3,(H,20,25). The molecule has 0 bridgehead atoms. The second-order valence-corrected chi connectivity index (χ2v) is 6.61. The maximum Gasteiger partial charge on any atom is 0.337 e. The molecule has 0 aliphatic carbocycles. The van der Waals surface area contributed by atoms with Gasteiger partial charge >= 0.3 is 11.7 Å². The average Bonchev–Trinajstić information content (AvgIpc) is 3.19. The zero-order valence-corrected chi connectivity index (χ0v) is 16.5. The van der Waals surface area contributed by atoms with Crippen LogP contribution < -0.4 is 16.6 Å². The van der Waals surface area contributed by atoms with Crippen LogP contribution in [0.1, 0.15) is 28.9 Å². The van der Waals surface area contributed by atoms with Gasteiger partial charge in [0.25, 0.3) is 5.56 Å². The van der Waals surface area contributed by atoms with Crippen LogP contribution in [0, 0.1) is 0 Å². The predicted molar refractivity (Wildman–Crippen MR) is 105 cm³/mol. The monoisotopic (exact) mass is 399 g/mol. The van der Waals surface area contributed by atoms with E-state index in [0.29, 0.717) is 5.56 Å². The first-order valence-electron chi connectivity index (χ1n) is 8.83. The van der Waals surface area contributed by atoms with Gasteiger partial charge < -0.3 is 14.6 Å². The number of fused-ring (bicyclic) bond motifs is 1. The van der Waals surface area contributed by atoms with E-state index in [9.17, 15) is 19.2 Å². The van der Waals surface area contributed by atoms with Gasteiger partial charge in [0.2, 0.25) is 5.91 Å². The Morgan fingerprint density at radius 3 is 2.41 bits per heavy atom. The van der Waals surface area contributed by atoms with Gasteiger partial charge in [-0.2, -0.15) is 0 Å². The second kappa shape index (κ2) is 7.74. The molecule has 1 N–H and O–H groups in total. The third-order valence-electron chi connectivity index (χ3n) is 4.81. The van der Waals surface area contributed by atoms with E-state index in [1.165, 1.54) is 36.7 Å². The molecule has 1 unspecified atom stereocenters. The Kier molecular flexibility index (Phi) is 5.35. The van der Waals surface area contributed by atoms with Crippen molar-refractivity contribution in [3.05, 3.63) is 62.6 Å². The summed E-state index contributed by atoms with van der Waals surface area (Å²) in [5.74, 6) is -0.755. The number of ether oxygens (including phenoxy) is 1. The number of nitrogens with one attached hydrogen (secondary N) is 1. The number of benzene rings is 1. The van der Waals surface area contributed by atoms with Crippen LogP contribution in [0.25, 0.3) is 11.2 Å². The minimum atomic E-state index is -0.723. The molecular weight excluding hydrogens is 378 g/mol. The molecule has 2 aromatic heterocycles. The zero-order chi connectivity index (χ0) is 21.3. The van der Waals surface area contributed by atoms with E-state index in [1.54, 1.807) is 31.2 Å². The zero-order valence-electron chi connectivity index (χ0n) is 16.5. The number of aromatic nitrogens is 4. The van der Waals surface area contributed by atoms with Crippen LogP contribution in [-0.4, -0.2) is 37.7 Å². The van der Waals surface area contributed by atoms with Crippen molar-refractivity contribution in [2.24, 2.45) is 14.1 Å². The van der Waals surface area contributed by atoms with Crippen molar-refractivity contribution >= 4 is 23.0 Å². The molecule has 1 aromatic carbocycles. The minimum Gasteiger partial charge on any atom is -0.465 e. The largest absolute Gasteiger partial charge is 0.465 e. The molecular formula is C19H21N5O5. The van der Waals surface area contributed by atoms with Crippen LogP contribution in [0.4, 0.5) is 0 Å². The molecule has 29 heavy (non-hydrogen) atoms. The van der Waals surface area contributed by atoms with E-state index in [2.05, 4.69) is 15.0 Å². The normalized spacial score (nSPS) is 12.0. The van der Waals surface area contributed by atoms with Crippen molar-refractivity contribution in [1.29, 1.82) is 0 Å². The molecule has 2 heterocycles. The maximum atomic E-state index is 12.6. The number of imidazole rings is 1. The fourth-order valence-electron chi connectivity index (χ4n) is 3.00. The number of amides is 1. The van der Waals surface area contributed by atoms with Crippen LogP contribution in [0.3, 0.4) is 0 Å². The SMILES string of the molecule is COC(=O)c1ccc(CNC(=O)C(C)n2cnc3c2c(=O)n(C)c(=O)n3C)cc1. The quantitative estimate of drug-likeness (QED) is 0.608. The molecule has 3 rings (SSSR count). The summed E-state index contributed by atoms with van der Waals surface area (Å²) in [5.41, 5.74) is 0.615. The van der Waals surface area contributed by atoms with Gasteiger partial charge in [0, 0.05) is 20.6 Å². The summed E-state index contributed by atoms with van der Waals surface area (Å²) in [4.78, 5) is 52.8. The summed E-state index contributed by atoms with van der Waals surface area (Å²) in [6.45, 7) is 1.88. The molecule has 0 radical (unpaired) electrons. The molecule has 0 aliphatic rings. The number of hydrogen-bond acceptors (Lipinski definition) is 6. The van der Waals surface area contributed by atoms with Crippen molar-refractivity contribution < 1.29 is 14.3 Å². The number of carbonyl (C=O) groups is 2. The lowest BCUT2D eigenvalue weighted by molar-refractivity contribution is -0.123. The minimum absolute atomic E-state index is 0.180. The highest BCUT2D eigenvalue weighted by atomic mass is 16.5. The van der Waals surface area contributed by atoms with Gasteiger partial charge in [-0.15, -0.1) is 0 Å². The Balaban J connectivity index is 1.80. The molecule has 1 amide bonds. The molecule has 0 fully saturated rings. The average molecular weight is 399 g/mol. The third kappa shape index (κ3) is 3.56. The third-order valence-corrected chi connectivity index (χ3v) is 4.81. The molecule has 0 spiro atoms. The van der Waals surface area contributed by atoms with Gasteiger partial charge in [0.05, 0.1) is 19.0 Å². The number of hydrogen-bond donors (Lipinski definition) is 1. The maximum absolute atomic E-state index is 12.6. The fraction of sp³-hybridized carbons (Fsp3) is 0.316. The Hall–Kier alpha value is -3.69. The van der Waals surface area contributed by atoms with Gasteiger partial charge in [0.15, 0.2) is 11.2 Å². The Bertz CT molecular complexity index is 1200. The highest BCUT2D eigenvalue weighted by Crippen LogP contribution is 2.14. The first-order valence-corrected chi connectivity index (χ1v) is 8.83.